The number of nitrogen functional groups attached to an aromatic ring is 2. The Morgan fingerprint density at radius 2 is 1.19 bits per heavy atom. The molecule has 16 nitrogen and oxygen atoms in total. The van der Waals surface area contributed by atoms with Crippen LogP contribution in [0.15, 0.2) is 111 Å². The summed E-state index contributed by atoms with van der Waals surface area (Å²) in [6.07, 6.45) is 3.07. The second-order valence-corrected chi connectivity index (χ2v) is 12.8. The molecule has 6 heterocycles. The van der Waals surface area contributed by atoms with Gasteiger partial charge in [-0.25, -0.2) is 9.97 Å². The first kappa shape index (κ1) is 37.3. The second kappa shape index (κ2) is 16.5. The lowest BCUT2D eigenvalue weighted by molar-refractivity contribution is 0.424. The number of aryl methyl sites for hydroxylation is 2. The fourth-order valence-corrected chi connectivity index (χ4v) is 6.06. The van der Waals surface area contributed by atoms with E-state index in [9.17, 15) is 9.59 Å². The van der Waals surface area contributed by atoms with Crippen molar-refractivity contribution in [1.82, 2.24) is 49.5 Å². The maximum Gasteiger partial charge on any atom is 0.507 e. The molecular formula is C36H34BBrN12O4. The van der Waals surface area contributed by atoms with Gasteiger partial charge in [0.2, 0.25) is 11.9 Å². The molecule has 0 atom stereocenters. The molecule has 272 valence electrons. The molecule has 2 aromatic carbocycles. The van der Waals surface area contributed by atoms with Gasteiger partial charge in [-0.15, -0.1) is 0 Å². The molecule has 8 N–H and O–H groups in total. The molecule has 0 aliphatic heterocycles. The summed E-state index contributed by atoms with van der Waals surface area (Å²) in [7, 11) is -1.43. The van der Waals surface area contributed by atoms with Crippen molar-refractivity contribution in [3.8, 4) is 11.3 Å². The Bertz CT molecular complexity index is 2640. The molecule has 0 bridgehead atoms. The fourth-order valence-electron chi connectivity index (χ4n) is 5.62. The third-order valence-electron chi connectivity index (χ3n) is 8.22. The van der Waals surface area contributed by atoms with E-state index < -0.39 is 7.12 Å². The Balaban J connectivity index is 0.000000155. The topological polar surface area (TPSA) is 245 Å². The molecule has 6 aromatic heterocycles. The number of nitrogens with two attached hydrogens (primary N) is 2. The van der Waals surface area contributed by atoms with Crippen LogP contribution in [0.3, 0.4) is 0 Å². The van der Waals surface area contributed by atoms with E-state index in [1.165, 1.54) is 12.3 Å². The Kier molecular flexibility index (Phi) is 11.4. The summed E-state index contributed by atoms with van der Waals surface area (Å²) in [4.78, 5) is 42.5. The minimum Gasteiger partial charge on any atom is -0.422 e. The van der Waals surface area contributed by atoms with Crippen molar-refractivity contribution in [2.24, 2.45) is 0 Å². The summed E-state index contributed by atoms with van der Waals surface area (Å²) >= 11 is 3.31. The van der Waals surface area contributed by atoms with Crippen molar-refractivity contribution >= 4 is 62.6 Å². The molecule has 0 aliphatic carbocycles. The van der Waals surface area contributed by atoms with Gasteiger partial charge in [-0.1, -0.05) is 60.7 Å². The van der Waals surface area contributed by atoms with Crippen LogP contribution < -0.4 is 28.2 Å². The number of anilines is 2. The number of fused-ring (bicyclic) bond motifs is 2. The minimum absolute atomic E-state index is 0.135. The van der Waals surface area contributed by atoms with Gasteiger partial charge in [0.15, 0.2) is 0 Å². The first-order valence-corrected chi connectivity index (χ1v) is 17.2. The Labute approximate surface area is 315 Å². The van der Waals surface area contributed by atoms with Crippen LogP contribution in [0, 0.1) is 13.8 Å². The number of rotatable bonds is 6. The van der Waals surface area contributed by atoms with E-state index in [4.69, 9.17) is 21.5 Å². The van der Waals surface area contributed by atoms with Gasteiger partial charge in [0.25, 0.3) is 11.1 Å². The molecule has 0 fully saturated rings. The maximum absolute atomic E-state index is 13.1. The van der Waals surface area contributed by atoms with Crippen LogP contribution in [-0.4, -0.2) is 66.6 Å². The zero-order valence-electron chi connectivity index (χ0n) is 29.1. The van der Waals surface area contributed by atoms with Crippen molar-refractivity contribution in [3.05, 3.63) is 145 Å². The largest absolute Gasteiger partial charge is 0.507 e. The Morgan fingerprint density at radius 1 is 0.685 bits per heavy atom. The summed E-state index contributed by atoms with van der Waals surface area (Å²) in [6.45, 7) is 4.54. The summed E-state index contributed by atoms with van der Waals surface area (Å²) in [5.74, 6) is 0.323. The number of nitrogens with zero attached hydrogens (tertiary/aromatic N) is 8. The van der Waals surface area contributed by atoms with Gasteiger partial charge >= 0.3 is 7.12 Å². The van der Waals surface area contributed by atoms with E-state index >= 15 is 0 Å². The number of halogens is 1. The van der Waals surface area contributed by atoms with Crippen LogP contribution in [0.25, 0.3) is 33.3 Å². The molecule has 18 heteroatoms. The minimum atomic E-state index is -1.43. The lowest BCUT2D eigenvalue weighted by Gasteiger charge is -2.13. The van der Waals surface area contributed by atoms with Gasteiger partial charge in [-0.3, -0.25) is 28.9 Å². The summed E-state index contributed by atoms with van der Waals surface area (Å²) in [5.41, 5.74) is 17.3. The molecule has 0 spiro atoms. The predicted octanol–water partition coefficient (Wildman–Crippen LogP) is 2.70. The average Bonchev–Trinajstić information content (AvgIpc) is 3.90. The highest BCUT2D eigenvalue weighted by Crippen LogP contribution is 2.22. The lowest BCUT2D eigenvalue weighted by Crippen LogP contribution is -2.30. The Hall–Kier alpha value is -6.50. The number of nitrogens with one attached hydrogen (secondary N) is 2. The zero-order chi connectivity index (χ0) is 38.4. The summed E-state index contributed by atoms with van der Waals surface area (Å²) in [6, 6.07) is 26.3. The number of benzene rings is 2. The van der Waals surface area contributed by atoms with Gasteiger partial charge in [0.1, 0.15) is 11.3 Å². The van der Waals surface area contributed by atoms with E-state index in [0.717, 1.165) is 33.3 Å². The van der Waals surface area contributed by atoms with Crippen molar-refractivity contribution in [3.63, 3.8) is 0 Å². The zero-order valence-corrected chi connectivity index (χ0v) is 30.6. The van der Waals surface area contributed by atoms with Crippen LogP contribution in [0.4, 0.5) is 11.9 Å². The van der Waals surface area contributed by atoms with Gasteiger partial charge in [0, 0.05) is 23.2 Å². The highest BCUT2D eigenvalue weighted by atomic mass is 79.9. The first-order valence-electron chi connectivity index (χ1n) is 16.4. The second-order valence-electron chi connectivity index (χ2n) is 12.0. The SMILES string of the molecule is Cc1nc(N)nc2c1cc(-c1ccn[nH]1)c(=O)n2Cc1ccccc1.Cc1nc(N)nc2c1cc(Br)c(=O)n2Cc1ccccc1.OB(O)c1ccn[nH]1. The fraction of sp³-hybridized carbons (Fsp3) is 0.111. The van der Waals surface area contributed by atoms with E-state index in [1.54, 1.807) is 33.5 Å². The monoisotopic (exact) mass is 788 g/mol. The Morgan fingerprint density at radius 3 is 1.65 bits per heavy atom. The highest BCUT2D eigenvalue weighted by molar-refractivity contribution is 9.10. The molecule has 0 saturated carbocycles. The van der Waals surface area contributed by atoms with Gasteiger partial charge in [0.05, 0.1) is 45.8 Å². The molecular weight excluding hydrogens is 755 g/mol. The number of H-pyrrole nitrogens is 2. The number of aromatic amines is 2. The van der Waals surface area contributed by atoms with Crippen molar-refractivity contribution in [2.75, 3.05) is 11.5 Å². The molecule has 0 unspecified atom stereocenters. The van der Waals surface area contributed by atoms with Crippen LogP contribution in [0.1, 0.15) is 22.5 Å². The van der Waals surface area contributed by atoms with Crippen molar-refractivity contribution in [1.29, 1.82) is 0 Å². The molecule has 0 aliphatic rings. The van der Waals surface area contributed by atoms with Crippen molar-refractivity contribution < 1.29 is 10.0 Å². The van der Waals surface area contributed by atoms with Gasteiger partial charge in [-0.05, 0) is 65.2 Å². The smallest absolute Gasteiger partial charge is 0.422 e. The van der Waals surface area contributed by atoms with Gasteiger partial charge in [-0.2, -0.15) is 20.2 Å². The quantitative estimate of drug-likeness (QED) is 0.133. The molecule has 8 aromatic rings. The molecule has 0 radical (unpaired) electrons. The third-order valence-corrected chi connectivity index (χ3v) is 8.79. The first-order chi connectivity index (χ1) is 26.0. The number of hydrogen-bond acceptors (Lipinski definition) is 12. The molecule has 0 amide bonds. The molecule has 0 saturated heterocycles. The number of hydrogen-bond donors (Lipinski definition) is 6. The van der Waals surface area contributed by atoms with Crippen LogP contribution in [-0.2, 0) is 13.1 Å². The van der Waals surface area contributed by atoms with Crippen LogP contribution in [0.5, 0.6) is 0 Å². The highest BCUT2D eigenvalue weighted by Gasteiger charge is 2.17. The molecule has 54 heavy (non-hydrogen) atoms. The third kappa shape index (κ3) is 8.41. The van der Waals surface area contributed by atoms with Gasteiger partial charge < -0.3 is 21.5 Å². The normalized spacial score (nSPS) is 10.8. The van der Waals surface area contributed by atoms with Crippen LogP contribution in [0.2, 0.25) is 0 Å². The summed E-state index contributed by atoms with van der Waals surface area (Å²) in [5, 5.41) is 31.1. The molecule has 8 rings (SSSR count). The average molecular weight is 789 g/mol. The van der Waals surface area contributed by atoms with E-state index in [1.807, 2.05) is 74.5 Å². The predicted molar refractivity (Wildman–Crippen MR) is 211 cm³/mol. The van der Waals surface area contributed by atoms with E-state index in [2.05, 4.69) is 56.3 Å². The van der Waals surface area contributed by atoms with Crippen molar-refractivity contribution in [2.45, 2.75) is 26.9 Å². The standard InChI is InChI=1S/C18H16N6O.C15H13BrN4O.C3H5BN2O2/c1-11-13-9-14(15-7-8-20-23-15)17(25)24(16(13)22-18(19)21-11)10-12-5-3-2-4-6-12;1-9-11-7-12(16)14(21)20(13(11)19-15(17)18-9)8-10-5-3-2-4-6-10;7-4(8)3-1-2-5-6-3/h2-9H,10H2,1H3,(H,20,23)(H2,19,21,22);2-7H,8H2,1H3,(H2,17,18,19);1-2,7-8H,(H,5,6). The van der Waals surface area contributed by atoms with Crippen LogP contribution >= 0.6 is 15.9 Å². The lowest BCUT2D eigenvalue weighted by atomic mass is 9.87. The van der Waals surface area contributed by atoms with E-state index in [0.29, 0.717) is 45.7 Å². The number of aromatic nitrogens is 10. The number of pyridine rings is 2. The van der Waals surface area contributed by atoms with E-state index in [-0.39, 0.29) is 23.0 Å². The summed E-state index contributed by atoms with van der Waals surface area (Å²) < 4.78 is 3.73. The maximum atomic E-state index is 13.1.